The van der Waals surface area contributed by atoms with Crippen molar-refractivity contribution in [3.63, 3.8) is 0 Å². The minimum absolute atomic E-state index is 0.200. The van der Waals surface area contributed by atoms with Gasteiger partial charge in [-0.2, -0.15) is 0 Å². The van der Waals surface area contributed by atoms with E-state index in [9.17, 15) is 9.59 Å². The highest BCUT2D eigenvalue weighted by Gasteiger charge is 2.25. The molecule has 0 aliphatic carbocycles. The molecule has 0 saturated carbocycles. The van der Waals surface area contributed by atoms with Gasteiger partial charge in [-0.3, -0.25) is 9.59 Å². The first-order chi connectivity index (χ1) is 13.3. The van der Waals surface area contributed by atoms with Gasteiger partial charge in [0.2, 0.25) is 5.91 Å². The number of benzene rings is 2. The van der Waals surface area contributed by atoms with Crippen LogP contribution < -0.4 is 15.4 Å². The van der Waals surface area contributed by atoms with Crippen molar-refractivity contribution in [2.45, 2.75) is 46.2 Å². The third-order valence-electron chi connectivity index (χ3n) is 4.68. The number of carbonyl (C=O) groups is 2. The first-order valence-corrected chi connectivity index (χ1v) is 9.63. The van der Waals surface area contributed by atoms with Crippen LogP contribution in [0.2, 0.25) is 0 Å². The number of hydrogen-bond acceptors (Lipinski definition) is 3. The van der Waals surface area contributed by atoms with Crippen LogP contribution in [0.1, 0.15) is 54.7 Å². The largest absolute Gasteiger partial charge is 0.496 e. The Labute approximate surface area is 167 Å². The lowest BCUT2D eigenvalue weighted by Gasteiger charge is -2.24. The Kier molecular flexibility index (Phi) is 7.61. The molecule has 0 bridgehead atoms. The molecule has 0 spiro atoms. The smallest absolute Gasteiger partial charge is 0.252 e. The maximum atomic E-state index is 12.9. The van der Waals surface area contributed by atoms with Crippen LogP contribution in [0.25, 0.3) is 0 Å². The van der Waals surface area contributed by atoms with Gasteiger partial charge in [0.05, 0.1) is 13.2 Å². The summed E-state index contributed by atoms with van der Waals surface area (Å²) < 4.78 is 5.39. The van der Waals surface area contributed by atoms with Gasteiger partial charge >= 0.3 is 0 Å². The second-order valence-electron chi connectivity index (χ2n) is 7.44. The number of nitrogens with one attached hydrogen (secondary N) is 2. The van der Waals surface area contributed by atoms with Crippen molar-refractivity contribution in [2.24, 2.45) is 5.92 Å². The third-order valence-corrected chi connectivity index (χ3v) is 4.68. The van der Waals surface area contributed by atoms with Crippen LogP contribution in [0.3, 0.4) is 0 Å². The summed E-state index contributed by atoms with van der Waals surface area (Å²) in [6.07, 6.45) is 0.558. The van der Waals surface area contributed by atoms with E-state index in [1.807, 2.05) is 70.2 Å². The molecule has 2 aromatic rings. The first kappa shape index (κ1) is 21.5. The topological polar surface area (TPSA) is 67.4 Å². The molecule has 2 rings (SSSR count). The van der Waals surface area contributed by atoms with E-state index in [0.29, 0.717) is 12.0 Å². The first-order valence-electron chi connectivity index (χ1n) is 9.63. The molecule has 0 aliphatic heterocycles. The van der Waals surface area contributed by atoms with Crippen molar-refractivity contribution in [1.29, 1.82) is 0 Å². The summed E-state index contributed by atoms with van der Waals surface area (Å²) in [4.78, 5) is 25.7. The Balaban J connectivity index is 2.14. The van der Waals surface area contributed by atoms with Crippen molar-refractivity contribution in [3.8, 4) is 5.75 Å². The molecular formula is C23H30N2O3. The van der Waals surface area contributed by atoms with E-state index in [1.165, 1.54) is 0 Å². The van der Waals surface area contributed by atoms with Crippen molar-refractivity contribution in [3.05, 3.63) is 65.2 Å². The summed E-state index contributed by atoms with van der Waals surface area (Å²) in [5.74, 6) is 0.548. The van der Waals surface area contributed by atoms with E-state index in [2.05, 4.69) is 10.6 Å². The average Bonchev–Trinajstić information content (AvgIpc) is 2.67. The summed E-state index contributed by atoms with van der Waals surface area (Å²) in [5, 5.41) is 5.92. The quantitative estimate of drug-likeness (QED) is 0.724. The lowest BCUT2D eigenvalue weighted by atomic mass is 10.0. The van der Waals surface area contributed by atoms with E-state index in [0.717, 1.165) is 16.9 Å². The monoisotopic (exact) mass is 382 g/mol. The van der Waals surface area contributed by atoms with Gasteiger partial charge in [-0.15, -0.1) is 0 Å². The summed E-state index contributed by atoms with van der Waals surface area (Å²) in [6, 6.07) is 14.1. The molecule has 5 nitrogen and oxygen atoms in total. The summed E-state index contributed by atoms with van der Waals surface area (Å²) >= 11 is 0. The van der Waals surface area contributed by atoms with Gasteiger partial charge in [-0.25, -0.2) is 0 Å². The highest BCUT2D eigenvalue weighted by Crippen LogP contribution is 2.24. The molecule has 2 unspecified atom stereocenters. The zero-order valence-electron chi connectivity index (χ0n) is 17.3. The fourth-order valence-electron chi connectivity index (χ4n) is 3.18. The maximum Gasteiger partial charge on any atom is 0.252 e. The van der Waals surface area contributed by atoms with Gasteiger partial charge in [-0.05, 0) is 43.9 Å². The van der Waals surface area contributed by atoms with Crippen LogP contribution in [0, 0.1) is 12.8 Å². The molecule has 2 aromatic carbocycles. The van der Waals surface area contributed by atoms with E-state index < -0.39 is 6.04 Å². The number of methoxy groups -OCH3 is 1. The maximum absolute atomic E-state index is 12.9. The van der Waals surface area contributed by atoms with E-state index in [4.69, 9.17) is 4.74 Å². The normalized spacial score (nSPS) is 12.9. The Morgan fingerprint density at radius 2 is 1.61 bits per heavy atom. The van der Waals surface area contributed by atoms with Crippen LogP contribution in [-0.2, 0) is 4.79 Å². The van der Waals surface area contributed by atoms with Gasteiger partial charge in [0.15, 0.2) is 0 Å². The van der Waals surface area contributed by atoms with Crippen LogP contribution in [0.15, 0.2) is 48.5 Å². The number of aryl methyl sites for hydroxylation is 1. The molecule has 0 radical (unpaired) electrons. The van der Waals surface area contributed by atoms with Crippen LogP contribution in [0.5, 0.6) is 5.75 Å². The van der Waals surface area contributed by atoms with E-state index >= 15 is 0 Å². The summed E-state index contributed by atoms with van der Waals surface area (Å²) in [7, 11) is 1.61. The summed E-state index contributed by atoms with van der Waals surface area (Å²) in [6.45, 7) is 7.86. The molecular weight excluding hydrogens is 352 g/mol. The number of rotatable bonds is 8. The van der Waals surface area contributed by atoms with Crippen molar-refractivity contribution >= 4 is 11.8 Å². The molecule has 0 aliphatic rings. The molecule has 2 atom stereocenters. The number of hydrogen-bond donors (Lipinski definition) is 2. The Morgan fingerprint density at radius 3 is 2.25 bits per heavy atom. The minimum atomic E-state index is -0.607. The minimum Gasteiger partial charge on any atom is -0.496 e. The lowest BCUT2D eigenvalue weighted by molar-refractivity contribution is -0.124. The SMILES string of the molecule is COc1ccccc1C(C)NC(=O)C(CC(C)C)NC(=O)c1ccccc1C. The van der Waals surface area contributed by atoms with Gasteiger partial charge in [0.1, 0.15) is 11.8 Å². The van der Waals surface area contributed by atoms with Crippen LogP contribution in [-0.4, -0.2) is 25.0 Å². The van der Waals surface area contributed by atoms with Crippen molar-refractivity contribution < 1.29 is 14.3 Å². The molecule has 28 heavy (non-hydrogen) atoms. The standard InChI is InChI=1S/C23H30N2O3/c1-15(2)14-20(25-22(26)18-11-7-6-10-16(18)3)23(27)24-17(4)19-12-8-9-13-21(19)28-5/h6-13,15,17,20H,14H2,1-5H3,(H,24,27)(H,25,26). The highest BCUT2D eigenvalue weighted by atomic mass is 16.5. The molecule has 5 heteroatoms. The van der Waals surface area contributed by atoms with Crippen molar-refractivity contribution in [2.75, 3.05) is 7.11 Å². The lowest BCUT2D eigenvalue weighted by Crippen LogP contribution is -2.48. The predicted molar refractivity (Wildman–Crippen MR) is 111 cm³/mol. The van der Waals surface area contributed by atoms with Gasteiger partial charge in [0, 0.05) is 11.1 Å². The molecule has 2 N–H and O–H groups in total. The van der Waals surface area contributed by atoms with Gasteiger partial charge in [-0.1, -0.05) is 50.2 Å². The Bertz CT molecular complexity index is 817. The predicted octanol–water partition coefficient (Wildman–Crippen LogP) is 4.03. The molecule has 150 valence electrons. The zero-order valence-corrected chi connectivity index (χ0v) is 17.3. The third kappa shape index (κ3) is 5.59. The zero-order chi connectivity index (χ0) is 20.7. The molecule has 0 fully saturated rings. The van der Waals surface area contributed by atoms with E-state index in [-0.39, 0.29) is 23.8 Å². The highest BCUT2D eigenvalue weighted by molar-refractivity contribution is 5.98. The van der Waals surface area contributed by atoms with Crippen LogP contribution >= 0.6 is 0 Å². The summed E-state index contributed by atoms with van der Waals surface area (Å²) in [5.41, 5.74) is 2.36. The van der Waals surface area contributed by atoms with Gasteiger partial charge in [0.25, 0.3) is 5.91 Å². The van der Waals surface area contributed by atoms with E-state index in [1.54, 1.807) is 13.2 Å². The number of amides is 2. The molecule has 0 heterocycles. The number of para-hydroxylation sites is 1. The molecule has 0 aromatic heterocycles. The average molecular weight is 383 g/mol. The van der Waals surface area contributed by atoms with Crippen molar-refractivity contribution in [1.82, 2.24) is 10.6 Å². The molecule has 0 saturated heterocycles. The number of carbonyl (C=O) groups excluding carboxylic acids is 2. The second kappa shape index (κ2) is 9.93. The fourth-order valence-corrected chi connectivity index (χ4v) is 3.18. The molecule has 2 amide bonds. The van der Waals surface area contributed by atoms with Crippen LogP contribution in [0.4, 0.5) is 0 Å². The Hall–Kier alpha value is -2.82. The second-order valence-corrected chi connectivity index (χ2v) is 7.44. The number of ether oxygens (including phenoxy) is 1. The Morgan fingerprint density at radius 1 is 0.964 bits per heavy atom. The fraction of sp³-hybridized carbons (Fsp3) is 0.391. The van der Waals surface area contributed by atoms with Gasteiger partial charge < -0.3 is 15.4 Å².